The van der Waals surface area contributed by atoms with Gasteiger partial charge in [0.25, 0.3) is 0 Å². The molecule has 78 valence electrons. The van der Waals surface area contributed by atoms with Crippen LogP contribution < -0.4 is 0 Å². The smallest absolute Gasteiger partial charge is 0.108 e. The summed E-state index contributed by atoms with van der Waals surface area (Å²) in [5, 5.41) is 0. The molecule has 0 aliphatic heterocycles. The fraction of sp³-hybridized carbons (Fsp3) is 0.308. The average Bonchev–Trinajstić information content (AvgIpc) is 2.77. The first-order valence-electron chi connectivity index (χ1n) is 5.39. The summed E-state index contributed by atoms with van der Waals surface area (Å²) >= 11 is 0. The minimum Gasteiger partial charge on any atom is -0.328 e. The van der Waals surface area contributed by atoms with Gasteiger partial charge in [0, 0.05) is 18.8 Å². The van der Waals surface area contributed by atoms with Gasteiger partial charge < -0.3 is 4.57 Å². The summed E-state index contributed by atoms with van der Waals surface area (Å²) < 4.78 is 2.23. The third-order valence-electron chi connectivity index (χ3n) is 2.76. The van der Waals surface area contributed by atoms with Crippen LogP contribution in [-0.2, 0) is 6.42 Å². The Kier molecular flexibility index (Phi) is 2.86. The summed E-state index contributed by atoms with van der Waals surface area (Å²) in [5.74, 6) is 1.14. The highest BCUT2D eigenvalue weighted by atomic mass is 15.1. The van der Waals surface area contributed by atoms with Gasteiger partial charge in [0.15, 0.2) is 0 Å². The Balaban J connectivity index is 2.32. The summed E-state index contributed by atoms with van der Waals surface area (Å²) in [6.45, 7) is 4.34. The second-order valence-electron chi connectivity index (χ2n) is 3.69. The predicted molar refractivity (Wildman–Crippen MR) is 61.9 cm³/mol. The normalized spacial score (nSPS) is 12.7. The summed E-state index contributed by atoms with van der Waals surface area (Å²) in [5.41, 5.74) is 1.32. The van der Waals surface area contributed by atoms with E-state index >= 15 is 0 Å². The molecule has 0 aliphatic rings. The van der Waals surface area contributed by atoms with E-state index in [1.165, 1.54) is 5.56 Å². The topological polar surface area (TPSA) is 17.8 Å². The lowest BCUT2D eigenvalue weighted by Crippen LogP contribution is -2.09. The number of benzene rings is 1. The molecule has 0 amide bonds. The Hall–Kier alpha value is -1.57. The van der Waals surface area contributed by atoms with Crippen LogP contribution in [0.1, 0.15) is 31.3 Å². The molecule has 0 spiro atoms. The molecule has 0 radical (unpaired) electrons. The van der Waals surface area contributed by atoms with E-state index < -0.39 is 0 Å². The van der Waals surface area contributed by atoms with Crippen LogP contribution in [0, 0.1) is 0 Å². The van der Waals surface area contributed by atoms with Gasteiger partial charge in [-0.25, -0.2) is 4.98 Å². The van der Waals surface area contributed by atoms with E-state index in [0.717, 1.165) is 12.2 Å². The fourth-order valence-corrected chi connectivity index (χ4v) is 1.86. The third kappa shape index (κ3) is 1.94. The van der Waals surface area contributed by atoms with Gasteiger partial charge in [0.1, 0.15) is 5.82 Å². The van der Waals surface area contributed by atoms with Gasteiger partial charge in [-0.1, -0.05) is 37.3 Å². The molecule has 1 aromatic carbocycles. The van der Waals surface area contributed by atoms with Crippen molar-refractivity contribution in [3.05, 3.63) is 54.1 Å². The van der Waals surface area contributed by atoms with Crippen molar-refractivity contribution in [1.29, 1.82) is 0 Å². The molecule has 1 unspecified atom stereocenters. The summed E-state index contributed by atoms with van der Waals surface area (Å²) in [4.78, 5) is 4.34. The van der Waals surface area contributed by atoms with Gasteiger partial charge in [-0.3, -0.25) is 0 Å². The zero-order valence-electron chi connectivity index (χ0n) is 9.22. The van der Waals surface area contributed by atoms with Gasteiger partial charge in [0.2, 0.25) is 0 Å². The molecule has 2 nitrogen and oxygen atoms in total. The van der Waals surface area contributed by atoms with Gasteiger partial charge in [-0.05, 0) is 12.5 Å². The van der Waals surface area contributed by atoms with E-state index in [-0.39, 0.29) is 0 Å². The van der Waals surface area contributed by atoms with Crippen molar-refractivity contribution >= 4 is 0 Å². The highest BCUT2D eigenvalue weighted by Crippen LogP contribution is 2.18. The molecule has 1 heterocycles. The summed E-state index contributed by atoms with van der Waals surface area (Å²) in [7, 11) is 0. The maximum atomic E-state index is 4.34. The lowest BCUT2D eigenvalue weighted by atomic mass is 10.1. The first-order valence-corrected chi connectivity index (χ1v) is 5.39. The molecule has 2 aromatic rings. The van der Waals surface area contributed by atoms with E-state index in [1.807, 2.05) is 12.3 Å². The Morgan fingerprint density at radius 2 is 2.00 bits per heavy atom. The SMILES string of the molecule is CCc1nccn1C(C)c1ccccc1. The summed E-state index contributed by atoms with van der Waals surface area (Å²) in [6, 6.07) is 10.9. The van der Waals surface area contributed by atoms with Crippen molar-refractivity contribution in [2.45, 2.75) is 26.3 Å². The second-order valence-corrected chi connectivity index (χ2v) is 3.69. The van der Waals surface area contributed by atoms with Crippen LogP contribution >= 0.6 is 0 Å². The predicted octanol–water partition coefficient (Wildman–Crippen LogP) is 3.05. The fourth-order valence-electron chi connectivity index (χ4n) is 1.86. The molecule has 0 N–H and O–H groups in total. The van der Waals surface area contributed by atoms with E-state index in [4.69, 9.17) is 0 Å². The van der Waals surface area contributed by atoms with Crippen molar-refractivity contribution < 1.29 is 0 Å². The standard InChI is InChI=1S/C13H16N2/c1-3-13-14-9-10-15(13)11(2)12-7-5-4-6-8-12/h4-11H,3H2,1-2H3. The van der Waals surface area contributed by atoms with E-state index in [1.54, 1.807) is 0 Å². The molecule has 15 heavy (non-hydrogen) atoms. The van der Waals surface area contributed by atoms with Crippen molar-refractivity contribution in [1.82, 2.24) is 9.55 Å². The van der Waals surface area contributed by atoms with Crippen LogP contribution in [0.4, 0.5) is 0 Å². The maximum absolute atomic E-state index is 4.34. The average molecular weight is 200 g/mol. The monoisotopic (exact) mass is 200 g/mol. The minimum atomic E-state index is 0.364. The van der Waals surface area contributed by atoms with E-state index in [0.29, 0.717) is 6.04 Å². The van der Waals surface area contributed by atoms with Crippen molar-refractivity contribution in [2.75, 3.05) is 0 Å². The Labute approximate surface area is 90.6 Å². The van der Waals surface area contributed by atoms with Crippen LogP contribution in [0.2, 0.25) is 0 Å². The van der Waals surface area contributed by atoms with Crippen molar-refractivity contribution in [2.24, 2.45) is 0 Å². The lowest BCUT2D eigenvalue weighted by Gasteiger charge is -2.16. The Morgan fingerprint density at radius 3 is 2.67 bits per heavy atom. The Bertz CT molecular complexity index is 417. The molecule has 2 heteroatoms. The number of imidazole rings is 1. The highest BCUT2D eigenvalue weighted by molar-refractivity contribution is 5.20. The zero-order chi connectivity index (χ0) is 10.7. The van der Waals surface area contributed by atoms with Crippen LogP contribution in [0.15, 0.2) is 42.7 Å². The van der Waals surface area contributed by atoms with Gasteiger partial charge in [-0.15, -0.1) is 0 Å². The number of aryl methyl sites for hydroxylation is 1. The minimum absolute atomic E-state index is 0.364. The summed E-state index contributed by atoms with van der Waals surface area (Å²) in [6.07, 6.45) is 4.90. The number of aromatic nitrogens is 2. The molecule has 0 saturated heterocycles. The molecule has 0 bridgehead atoms. The molecular formula is C13H16N2. The molecule has 0 saturated carbocycles. The molecule has 1 atom stereocenters. The largest absolute Gasteiger partial charge is 0.328 e. The van der Waals surface area contributed by atoms with Crippen LogP contribution in [0.25, 0.3) is 0 Å². The highest BCUT2D eigenvalue weighted by Gasteiger charge is 2.09. The van der Waals surface area contributed by atoms with E-state index in [2.05, 4.69) is 53.9 Å². The maximum Gasteiger partial charge on any atom is 0.108 e. The Morgan fingerprint density at radius 1 is 1.27 bits per heavy atom. The van der Waals surface area contributed by atoms with Crippen LogP contribution in [0.3, 0.4) is 0 Å². The van der Waals surface area contributed by atoms with Gasteiger partial charge >= 0.3 is 0 Å². The van der Waals surface area contributed by atoms with Gasteiger partial charge in [-0.2, -0.15) is 0 Å². The van der Waals surface area contributed by atoms with E-state index in [9.17, 15) is 0 Å². The van der Waals surface area contributed by atoms with Crippen LogP contribution in [-0.4, -0.2) is 9.55 Å². The number of nitrogens with zero attached hydrogens (tertiary/aromatic N) is 2. The molecular weight excluding hydrogens is 184 g/mol. The number of rotatable bonds is 3. The number of hydrogen-bond donors (Lipinski definition) is 0. The second kappa shape index (κ2) is 4.30. The van der Waals surface area contributed by atoms with Crippen molar-refractivity contribution in [3.63, 3.8) is 0 Å². The number of hydrogen-bond acceptors (Lipinski definition) is 1. The van der Waals surface area contributed by atoms with Crippen LogP contribution in [0.5, 0.6) is 0 Å². The molecule has 1 aromatic heterocycles. The lowest BCUT2D eigenvalue weighted by molar-refractivity contribution is 0.605. The van der Waals surface area contributed by atoms with Crippen molar-refractivity contribution in [3.8, 4) is 0 Å². The first kappa shape index (κ1) is 9.97. The molecule has 0 fully saturated rings. The first-order chi connectivity index (χ1) is 7.33. The third-order valence-corrected chi connectivity index (χ3v) is 2.76. The molecule has 2 rings (SSSR count). The molecule has 0 aliphatic carbocycles. The van der Waals surface area contributed by atoms with Gasteiger partial charge in [0.05, 0.1) is 6.04 Å². The quantitative estimate of drug-likeness (QED) is 0.744. The zero-order valence-corrected chi connectivity index (χ0v) is 9.22.